The molecular weight excluding hydrogens is 328 g/mol. The van der Waals surface area contributed by atoms with Crippen LogP contribution < -0.4 is 10.1 Å². The van der Waals surface area contributed by atoms with E-state index in [1.807, 2.05) is 41.8 Å². The first-order chi connectivity index (χ1) is 11.3. The van der Waals surface area contributed by atoms with Gasteiger partial charge in [0, 0.05) is 11.9 Å². The normalized spacial score (nSPS) is 10.5. The Morgan fingerprint density at radius 2 is 2.04 bits per heavy atom. The molecule has 1 N–H and O–H groups in total. The summed E-state index contributed by atoms with van der Waals surface area (Å²) in [5.74, 6) is 0.707. The van der Waals surface area contributed by atoms with Gasteiger partial charge in [-0.15, -0.1) is 22.7 Å². The summed E-state index contributed by atoms with van der Waals surface area (Å²) in [6.45, 7) is 0.580. The minimum absolute atomic E-state index is 0.127. The van der Waals surface area contributed by atoms with E-state index < -0.39 is 0 Å². The number of benzene rings is 1. The fourth-order valence-corrected chi connectivity index (χ4v) is 3.71. The molecular formula is C17H16N2O2S2. The number of nitrogens with zero attached hydrogens (tertiary/aromatic N) is 1. The van der Waals surface area contributed by atoms with Crippen LogP contribution in [0.1, 0.15) is 16.1 Å². The summed E-state index contributed by atoms with van der Waals surface area (Å²) in [6.07, 6.45) is 0.775. The van der Waals surface area contributed by atoms with Gasteiger partial charge in [-0.25, -0.2) is 4.98 Å². The molecule has 2 aromatic heterocycles. The number of methoxy groups -OCH3 is 1. The van der Waals surface area contributed by atoms with Crippen LogP contribution in [0.5, 0.6) is 5.75 Å². The van der Waals surface area contributed by atoms with Crippen molar-refractivity contribution in [3.63, 3.8) is 0 Å². The van der Waals surface area contributed by atoms with Crippen molar-refractivity contribution in [2.45, 2.75) is 6.42 Å². The second-order valence-electron chi connectivity index (χ2n) is 4.87. The van der Waals surface area contributed by atoms with Crippen molar-refractivity contribution in [2.75, 3.05) is 13.7 Å². The Morgan fingerprint density at radius 1 is 1.22 bits per heavy atom. The van der Waals surface area contributed by atoms with Gasteiger partial charge in [-0.2, -0.15) is 0 Å². The number of aromatic nitrogens is 1. The highest BCUT2D eigenvalue weighted by atomic mass is 32.1. The summed E-state index contributed by atoms with van der Waals surface area (Å²) >= 11 is 3.12. The Morgan fingerprint density at radius 3 is 2.74 bits per heavy atom. The predicted molar refractivity (Wildman–Crippen MR) is 94.5 cm³/mol. The Labute approximate surface area is 142 Å². The summed E-state index contributed by atoms with van der Waals surface area (Å²) < 4.78 is 5.13. The molecule has 118 valence electrons. The van der Waals surface area contributed by atoms with Crippen molar-refractivity contribution in [1.82, 2.24) is 10.3 Å². The number of thiazole rings is 1. The Kier molecular flexibility index (Phi) is 5.05. The SMILES string of the molecule is COc1ccc(CCNC(=O)c2csc(-c3cccs3)n2)cc1. The van der Waals surface area contributed by atoms with Crippen molar-refractivity contribution in [3.8, 4) is 15.6 Å². The number of carbonyl (C=O) groups excluding carboxylic acids is 1. The average Bonchev–Trinajstić information content (AvgIpc) is 3.26. The van der Waals surface area contributed by atoms with Gasteiger partial charge in [-0.3, -0.25) is 4.79 Å². The third-order valence-electron chi connectivity index (χ3n) is 3.33. The highest BCUT2D eigenvalue weighted by Gasteiger charge is 2.11. The second kappa shape index (κ2) is 7.39. The van der Waals surface area contributed by atoms with Gasteiger partial charge in [-0.1, -0.05) is 18.2 Å². The minimum Gasteiger partial charge on any atom is -0.497 e. The largest absolute Gasteiger partial charge is 0.497 e. The standard InChI is InChI=1S/C17H16N2O2S2/c1-21-13-6-4-12(5-7-13)8-9-18-16(20)14-11-23-17(19-14)15-3-2-10-22-15/h2-7,10-11H,8-9H2,1H3,(H,18,20). The van der Waals surface area contributed by atoms with E-state index in [1.54, 1.807) is 23.8 Å². The lowest BCUT2D eigenvalue weighted by molar-refractivity contribution is 0.0950. The zero-order valence-electron chi connectivity index (χ0n) is 12.6. The van der Waals surface area contributed by atoms with E-state index in [1.165, 1.54) is 11.3 Å². The molecule has 3 aromatic rings. The third-order valence-corrected chi connectivity index (χ3v) is 5.21. The number of nitrogens with one attached hydrogen (secondary N) is 1. The number of rotatable bonds is 6. The summed E-state index contributed by atoms with van der Waals surface area (Å²) in [7, 11) is 1.65. The molecule has 0 aliphatic carbocycles. The zero-order valence-corrected chi connectivity index (χ0v) is 14.2. The second-order valence-corrected chi connectivity index (χ2v) is 6.67. The Hall–Kier alpha value is -2.18. The lowest BCUT2D eigenvalue weighted by atomic mass is 10.1. The van der Waals surface area contributed by atoms with Crippen LogP contribution in [0.4, 0.5) is 0 Å². The number of hydrogen-bond donors (Lipinski definition) is 1. The molecule has 6 heteroatoms. The molecule has 0 fully saturated rings. The van der Waals surface area contributed by atoms with Crippen molar-refractivity contribution >= 4 is 28.6 Å². The van der Waals surface area contributed by atoms with E-state index in [9.17, 15) is 4.79 Å². The molecule has 0 spiro atoms. The van der Waals surface area contributed by atoms with Crippen LogP contribution in [0.3, 0.4) is 0 Å². The van der Waals surface area contributed by atoms with Gasteiger partial charge in [0.15, 0.2) is 0 Å². The maximum absolute atomic E-state index is 12.1. The van der Waals surface area contributed by atoms with Crippen LogP contribution in [-0.2, 0) is 6.42 Å². The van der Waals surface area contributed by atoms with Crippen LogP contribution in [0.25, 0.3) is 9.88 Å². The molecule has 0 radical (unpaired) electrons. The molecule has 3 rings (SSSR count). The smallest absolute Gasteiger partial charge is 0.270 e. The molecule has 0 bridgehead atoms. The van der Waals surface area contributed by atoms with E-state index in [0.29, 0.717) is 12.2 Å². The van der Waals surface area contributed by atoms with Gasteiger partial charge in [0.25, 0.3) is 5.91 Å². The van der Waals surface area contributed by atoms with Gasteiger partial charge in [0.2, 0.25) is 0 Å². The fraction of sp³-hybridized carbons (Fsp3) is 0.176. The quantitative estimate of drug-likeness (QED) is 0.739. The van der Waals surface area contributed by atoms with Crippen LogP contribution in [0, 0.1) is 0 Å². The molecule has 0 saturated heterocycles. The highest BCUT2D eigenvalue weighted by molar-refractivity contribution is 7.20. The van der Waals surface area contributed by atoms with Gasteiger partial charge in [-0.05, 0) is 35.6 Å². The molecule has 0 aliphatic heterocycles. The lowest BCUT2D eigenvalue weighted by Gasteiger charge is -2.05. The number of hydrogen-bond acceptors (Lipinski definition) is 5. The van der Waals surface area contributed by atoms with E-state index in [2.05, 4.69) is 10.3 Å². The fourth-order valence-electron chi connectivity index (χ4n) is 2.09. The highest BCUT2D eigenvalue weighted by Crippen LogP contribution is 2.27. The minimum atomic E-state index is -0.127. The van der Waals surface area contributed by atoms with E-state index in [0.717, 1.165) is 27.6 Å². The molecule has 0 saturated carbocycles. The average molecular weight is 344 g/mol. The van der Waals surface area contributed by atoms with E-state index in [-0.39, 0.29) is 5.91 Å². The molecule has 0 aliphatic rings. The van der Waals surface area contributed by atoms with Gasteiger partial charge < -0.3 is 10.1 Å². The number of ether oxygens (including phenoxy) is 1. The topological polar surface area (TPSA) is 51.2 Å². The van der Waals surface area contributed by atoms with E-state index >= 15 is 0 Å². The molecule has 2 heterocycles. The summed E-state index contributed by atoms with van der Waals surface area (Å²) in [6, 6.07) is 11.8. The first-order valence-corrected chi connectivity index (χ1v) is 8.93. The predicted octanol–water partition coefficient (Wildman–Crippen LogP) is 3.85. The van der Waals surface area contributed by atoms with Gasteiger partial charge >= 0.3 is 0 Å². The van der Waals surface area contributed by atoms with Crippen molar-refractivity contribution in [3.05, 3.63) is 58.4 Å². The number of carbonyl (C=O) groups is 1. The first kappa shape index (κ1) is 15.7. The van der Waals surface area contributed by atoms with Gasteiger partial charge in [0.1, 0.15) is 16.5 Å². The van der Waals surface area contributed by atoms with Crippen LogP contribution in [0.15, 0.2) is 47.2 Å². The number of amides is 1. The first-order valence-electron chi connectivity index (χ1n) is 7.17. The maximum Gasteiger partial charge on any atom is 0.270 e. The van der Waals surface area contributed by atoms with E-state index in [4.69, 9.17) is 4.74 Å². The third kappa shape index (κ3) is 3.97. The molecule has 0 unspecified atom stereocenters. The van der Waals surface area contributed by atoms with Crippen molar-refractivity contribution < 1.29 is 9.53 Å². The summed E-state index contributed by atoms with van der Waals surface area (Å²) in [4.78, 5) is 17.6. The van der Waals surface area contributed by atoms with Crippen molar-refractivity contribution in [1.29, 1.82) is 0 Å². The Balaban J connectivity index is 1.53. The molecule has 1 aromatic carbocycles. The van der Waals surface area contributed by atoms with Crippen molar-refractivity contribution in [2.24, 2.45) is 0 Å². The zero-order chi connectivity index (χ0) is 16.1. The number of thiophene rings is 1. The Bertz CT molecular complexity index is 764. The van der Waals surface area contributed by atoms with Crippen LogP contribution in [0.2, 0.25) is 0 Å². The maximum atomic E-state index is 12.1. The molecule has 1 amide bonds. The van der Waals surface area contributed by atoms with Crippen LogP contribution >= 0.6 is 22.7 Å². The summed E-state index contributed by atoms with van der Waals surface area (Å²) in [5.41, 5.74) is 1.64. The molecule has 4 nitrogen and oxygen atoms in total. The van der Waals surface area contributed by atoms with Gasteiger partial charge in [0.05, 0.1) is 12.0 Å². The van der Waals surface area contributed by atoms with Crippen LogP contribution in [-0.4, -0.2) is 24.5 Å². The lowest BCUT2D eigenvalue weighted by Crippen LogP contribution is -2.25. The summed E-state index contributed by atoms with van der Waals surface area (Å²) in [5, 5.41) is 7.61. The molecule has 0 atom stereocenters. The monoisotopic (exact) mass is 344 g/mol. The molecule has 23 heavy (non-hydrogen) atoms.